The average molecular weight is 265 g/mol. The first-order chi connectivity index (χ1) is 9.22. The van der Waals surface area contributed by atoms with Gasteiger partial charge in [-0.05, 0) is 70.0 Å². The fourth-order valence-corrected chi connectivity index (χ4v) is 4.51. The van der Waals surface area contributed by atoms with Crippen LogP contribution in [0.2, 0.25) is 0 Å². The minimum absolute atomic E-state index is 0.458. The molecular weight excluding hydrogens is 234 g/mol. The monoisotopic (exact) mass is 265 g/mol. The van der Waals surface area contributed by atoms with E-state index < -0.39 is 0 Å². The number of nitrogens with zero attached hydrogens (tertiary/aromatic N) is 2. The molecule has 0 radical (unpaired) electrons. The third kappa shape index (κ3) is 3.32. The summed E-state index contributed by atoms with van der Waals surface area (Å²) in [6.45, 7) is 8.94. The first-order valence-corrected chi connectivity index (χ1v) is 8.44. The van der Waals surface area contributed by atoms with Crippen molar-refractivity contribution in [1.29, 1.82) is 0 Å². The maximum Gasteiger partial charge on any atom is 0.0223 e. The van der Waals surface area contributed by atoms with Gasteiger partial charge in [-0.2, -0.15) is 0 Å². The van der Waals surface area contributed by atoms with Gasteiger partial charge in [0.1, 0.15) is 0 Å². The van der Waals surface area contributed by atoms with Crippen molar-refractivity contribution in [3.05, 3.63) is 0 Å². The molecule has 2 saturated heterocycles. The summed E-state index contributed by atoms with van der Waals surface area (Å²) in [4.78, 5) is 5.46. The van der Waals surface area contributed by atoms with Crippen molar-refractivity contribution in [3.63, 3.8) is 0 Å². The van der Waals surface area contributed by atoms with Crippen molar-refractivity contribution in [2.45, 2.75) is 57.5 Å². The number of fused-ring (bicyclic) bond motifs is 1. The van der Waals surface area contributed by atoms with Gasteiger partial charge in [0.15, 0.2) is 0 Å². The van der Waals surface area contributed by atoms with E-state index in [1.165, 1.54) is 71.2 Å². The Kier molecular flexibility index (Phi) is 4.45. The maximum absolute atomic E-state index is 6.37. The van der Waals surface area contributed by atoms with E-state index in [0.29, 0.717) is 6.04 Å². The van der Waals surface area contributed by atoms with Gasteiger partial charge in [-0.25, -0.2) is 0 Å². The molecule has 3 rings (SSSR count). The zero-order chi connectivity index (χ0) is 13.2. The fraction of sp³-hybridized carbons (Fsp3) is 1.00. The van der Waals surface area contributed by atoms with Gasteiger partial charge in [-0.1, -0.05) is 6.92 Å². The molecule has 2 heterocycles. The standard InChI is InChI=1S/C16H31N3/c1-13-5-6-16(17)14(10-13)11-18-7-3-9-19-8-2-4-15(19)12-18/h13-16H,2-12,17H2,1H3. The van der Waals surface area contributed by atoms with Crippen LogP contribution in [0.25, 0.3) is 0 Å². The van der Waals surface area contributed by atoms with E-state index in [-0.39, 0.29) is 0 Å². The van der Waals surface area contributed by atoms with Crippen LogP contribution in [0.3, 0.4) is 0 Å². The summed E-state index contributed by atoms with van der Waals surface area (Å²) < 4.78 is 0. The lowest BCUT2D eigenvalue weighted by Crippen LogP contribution is -2.45. The molecule has 2 aliphatic heterocycles. The van der Waals surface area contributed by atoms with E-state index in [0.717, 1.165) is 17.9 Å². The summed E-state index contributed by atoms with van der Waals surface area (Å²) in [5.41, 5.74) is 6.37. The molecule has 0 aromatic rings. The SMILES string of the molecule is CC1CCC(N)C(CN2CCCN3CCCC3C2)C1. The highest BCUT2D eigenvalue weighted by atomic mass is 15.3. The molecule has 2 N–H and O–H groups in total. The van der Waals surface area contributed by atoms with Gasteiger partial charge in [0.25, 0.3) is 0 Å². The lowest BCUT2D eigenvalue weighted by molar-refractivity contribution is 0.151. The van der Waals surface area contributed by atoms with Gasteiger partial charge in [-0.15, -0.1) is 0 Å². The molecule has 0 spiro atoms. The molecule has 3 aliphatic rings. The average Bonchev–Trinajstić information content (AvgIpc) is 2.73. The van der Waals surface area contributed by atoms with Crippen molar-refractivity contribution < 1.29 is 0 Å². The summed E-state index contributed by atoms with van der Waals surface area (Å²) in [7, 11) is 0. The van der Waals surface area contributed by atoms with E-state index in [9.17, 15) is 0 Å². The maximum atomic E-state index is 6.37. The van der Waals surface area contributed by atoms with Crippen molar-refractivity contribution >= 4 is 0 Å². The van der Waals surface area contributed by atoms with Crippen LogP contribution in [0.15, 0.2) is 0 Å². The van der Waals surface area contributed by atoms with E-state index in [1.54, 1.807) is 0 Å². The molecule has 110 valence electrons. The number of nitrogens with two attached hydrogens (primary N) is 1. The van der Waals surface area contributed by atoms with Gasteiger partial charge in [-0.3, -0.25) is 4.90 Å². The molecule has 4 atom stereocenters. The van der Waals surface area contributed by atoms with Gasteiger partial charge in [0, 0.05) is 25.2 Å². The molecule has 19 heavy (non-hydrogen) atoms. The van der Waals surface area contributed by atoms with E-state index in [1.807, 2.05) is 0 Å². The van der Waals surface area contributed by atoms with Gasteiger partial charge < -0.3 is 10.6 Å². The Labute approximate surface area is 118 Å². The second-order valence-corrected chi connectivity index (χ2v) is 7.29. The second-order valence-electron chi connectivity index (χ2n) is 7.29. The van der Waals surface area contributed by atoms with Crippen molar-refractivity contribution in [1.82, 2.24) is 9.80 Å². The summed E-state index contributed by atoms with van der Waals surface area (Å²) in [6, 6.07) is 1.30. The predicted octanol–water partition coefficient (Wildman–Crippen LogP) is 1.92. The Balaban J connectivity index is 1.56. The first-order valence-electron chi connectivity index (χ1n) is 8.44. The summed E-state index contributed by atoms with van der Waals surface area (Å²) in [5.74, 6) is 1.64. The molecule has 0 aromatic heterocycles. The molecular formula is C16H31N3. The molecule has 1 saturated carbocycles. The Morgan fingerprint density at radius 3 is 2.79 bits per heavy atom. The molecule has 0 bridgehead atoms. The first kappa shape index (κ1) is 13.8. The van der Waals surface area contributed by atoms with Crippen molar-refractivity contribution in [2.75, 3.05) is 32.7 Å². The number of hydrogen-bond donors (Lipinski definition) is 1. The van der Waals surface area contributed by atoms with Crippen LogP contribution in [-0.2, 0) is 0 Å². The molecule has 3 fully saturated rings. The lowest BCUT2D eigenvalue weighted by Gasteiger charge is -2.36. The van der Waals surface area contributed by atoms with Crippen LogP contribution in [0.4, 0.5) is 0 Å². The summed E-state index contributed by atoms with van der Waals surface area (Å²) in [6.07, 6.45) is 8.13. The third-order valence-corrected chi connectivity index (χ3v) is 5.68. The van der Waals surface area contributed by atoms with E-state index in [4.69, 9.17) is 5.73 Å². The highest BCUT2D eigenvalue weighted by Gasteiger charge is 2.32. The molecule has 3 heteroatoms. The Bertz CT molecular complexity index is 294. The van der Waals surface area contributed by atoms with Crippen LogP contribution >= 0.6 is 0 Å². The molecule has 1 aliphatic carbocycles. The Hall–Kier alpha value is -0.120. The van der Waals surface area contributed by atoms with Crippen LogP contribution in [-0.4, -0.2) is 54.6 Å². The molecule has 0 amide bonds. The normalized spacial score (nSPS) is 42.0. The number of rotatable bonds is 2. The summed E-state index contributed by atoms with van der Waals surface area (Å²) in [5, 5.41) is 0. The van der Waals surface area contributed by atoms with Crippen molar-refractivity contribution in [3.8, 4) is 0 Å². The highest BCUT2D eigenvalue weighted by Crippen LogP contribution is 2.29. The molecule has 4 unspecified atom stereocenters. The van der Waals surface area contributed by atoms with Crippen LogP contribution < -0.4 is 5.73 Å². The smallest absolute Gasteiger partial charge is 0.0223 e. The zero-order valence-corrected chi connectivity index (χ0v) is 12.6. The van der Waals surface area contributed by atoms with E-state index in [2.05, 4.69) is 16.7 Å². The van der Waals surface area contributed by atoms with Crippen LogP contribution in [0.1, 0.15) is 45.4 Å². The minimum atomic E-state index is 0.458. The van der Waals surface area contributed by atoms with Crippen molar-refractivity contribution in [2.24, 2.45) is 17.6 Å². The topological polar surface area (TPSA) is 32.5 Å². The van der Waals surface area contributed by atoms with Gasteiger partial charge >= 0.3 is 0 Å². The van der Waals surface area contributed by atoms with Gasteiger partial charge in [0.05, 0.1) is 0 Å². The predicted molar refractivity (Wildman–Crippen MR) is 80.1 cm³/mol. The van der Waals surface area contributed by atoms with Gasteiger partial charge in [0.2, 0.25) is 0 Å². The molecule has 0 aromatic carbocycles. The zero-order valence-electron chi connectivity index (χ0n) is 12.6. The van der Waals surface area contributed by atoms with E-state index >= 15 is 0 Å². The summed E-state index contributed by atoms with van der Waals surface area (Å²) >= 11 is 0. The van der Waals surface area contributed by atoms with Crippen LogP contribution in [0.5, 0.6) is 0 Å². The number of hydrogen-bond acceptors (Lipinski definition) is 3. The third-order valence-electron chi connectivity index (χ3n) is 5.68. The minimum Gasteiger partial charge on any atom is -0.327 e. The lowest BCUT2D eigenvalue weighted by atomic mass is 9.79. The Morgan fingerprint density at radius 1 is 1.05 bits per heavy atom. The quantitative estimate of drug-likeness (QED) is 0.828. The Morgan fingerprint density at radius 2 is 1.89 bits per heavy atom. The van der Waals surface area contributed by atoms with Crippen LogP contribution in [0, 0.1) is 11.8 Å². The second kappa shape index (κ2) is 6.11. The molecule has 3 nitrogen and oxygen atoms in total. The highest BCUT2D eigenvalue weighted by molar-refractivity contribution is 4.88. The largest absolute Gasteiger partial charge is 0.327 e. The fourth-order valence-electron chi connectivity index (χ4n) is 4.51.